The molecule has 14 heavy (non-hydrogen) atoms. The Morgan fingerprint density at radius 1 is 1.29 bits per heavy atom. The number of ether oxygens (including phenoxy) is 1. The van der Waals surface area contributed by atoms with Crippen molar-refractivity contribution in [1.82, 2.24) is 0 Å². The molecule has 80 valence electrons. The van der Waals surface area contributed by atoms with E-state index in [0.29, 0.717) is 0 Å². The van der Waals surface area contributed by atoms with Crippen LogP contribution in [0.1, 0.15) is 0 Å². The van der Waals surface area contributed by atoms with Gasteiger partial charge in [-0.25, -0.2) is 0 Å². The van der Waals surface area contributed by atoms with Gasteiger partial charge in [-0.05, 0) is 6.08 Å². The maximum absolute atomic E-state index is 9.42. The van der Waals surface area contributed by atoms with E-state index in [2.05, 4.69) is 6.58 Å². The third-order valence-electron chi connectivity index (χ3n) is 2.10. The Kier molecular flexibility index (Phi) is 3.65. The Morgan fingerprint density at radius 3 is 2.43 bits per heavy atom. The third-order valence-corrected chi connectivity index (χ3v) is 2.10. The highest BCUT2D eigenvalue weighted by molar-refractivity contribution is 5.14. The van der Waals surface area contributed by atoms with E-state index < -0.39 is 31.0 Å². The molecule has 0 bridgehead atoms. The second-order valence-corrected chi connectivity index (χ2v) is 3.07. The highest BCUT2D eigenvalue weighted by Gasteiger charge is 2.40. The number of aliphatic hydroxyl groups excluding tert-OH is 4. The van der Waals surface area contributed by atoms with E-state index in [1.54, 1.807) is 0 Å². The first-order valence-corrected chi connectivity index (χ1v) is 4.26. The summed E-state index contributed by atoms with van der Waals surface area (Å²) in [5, 5.41) is 37.0. The maximum Gasteiger partial charge on any atom is 0.150 e. The van der Waals surface area contributed by atoms with Crippen LogP contribution in [0, 0.1) is 0 Å². The van der Waals surface area contributed by atoms with E-state index >= 15 is 0 Å². The zero-order chi connectivity index (χ0) is 10.7. The van der Waals surface area contributed by atoms with Crippen LogP contribution in [0.4, 0.5) is 0 Å². The molecule has 1 rings (SSSR count). The van der Waals surface area contributed by atoms with Crippen LogP contribution in [-0.2, 0) is 4.74 Å². The first kappa shape index (κ1) is 11.2. The predicted molar refractivity (Wildman–Crippen MR) is 48.3 cm³/mol. The molecule has 0 aromatic heterocycles. The largest absolute Gasteiger partial charge is 0.487 e. The van der Waals surface area contributed by atoms with Gasteiger partial charge in [0.25, 0.3) is 0 Å². The van der Waals surface area contributed by atoms with E-state index in [9.17, 15) is 15.3 Å². The lowest BCUT2D eigenvalue weighted by atomic mass is 9.98. The predicted octanol–water partition coefficient (Wildman–Crippen LogP) is -1.47. The monoisotopic (exact) mass is 202 g/mol. The van der Waals surface area contributed by atoms with Gasteiger partial charge in [0, 0.05) is 0 Å². The summed E-state index contributed by atoms with van der Waals surface area (Å²) in [6.45, 7) is 2.98. The Hall–Kier alpha value is -0.880. The molecule has 0 unspecified atom stereocenters. The van der Waals surface area contributed by atoms with Gasteiger partial charge in [-0.1, -0.05) is 12.7 Å². The number of allylic oxidation sites excluding steroid dienone is 2. The number of hydrogen-bond acceptors (Lipinski definition) is 5. The lowest BCUT2D eigenvalue weighted by molar-refractivity contribution is -0.164. The molecule has 1 fully saturated rings. The summed E-state index contributed by atoms with van der Waals surface area (Å²) in [5.41, 5.74) is 0. The van der Waals surface area contributed by atoms with Gasteiger partial charge >= 0.3 is 0 Å². The maximum atomic E-state index is 9.42. The summed E-state index contributed by atoms with van der Waals surface area (Å²) >= 11 is 0. The van der Waals surface area contributed by atoms with Crippen molar-refractivity contribution in [1.29, 1.82) is 0 Å². The van der Waals surface area contributed by atoms with Crippen LogP contribution in [-0.4, -0.2) is 51.4 Å². The van der Waals surface area contributed by atoms with Crippen molar-refractivity contribution in [3.05, 3.63) is 24.5 Å². The number of hydrogen-bond donors (Lipinski definition) is 4. The van der Waals surface area contributed by atoms with Gasteiger partial charge in [-0.15, -0.1) is 0 Å². The van der Waals surface area contributed by atoms with Crippen molar-refractivity contribution in [2.75, 3.05) is 6.61 Å². The summed E-state index contributed by atoms with van der Waals surface area (Å²) in [4.78, 5) is 0. The fraction of sp³-hybridized carbons (Fsp3) is 0.556. The topological polar surface area (TPSA) is 90.2 Å². The van der Waals surface area contributed by atoms with Gasteiger partial charge in [-0.3, -0.25) is 0 Å². The highest BCUT2D eigenvalue weighted by Crippen LogP contribution is 2.23. The second kappa shape index (κ2) is 4.56. The average Bonchev–Trinajstić information content (AvgIpc) is 2.19. The van der Waals surface area contributed by atoms with Gasteiger partial charge in [-0.2, -0.15) is 0 Å². The summed E-state index contributed by atoms with van der Waals surface area (Å²) in [7, 11) is 0. The van der Waals surface area contributed by atoms with Crippen LogP contribution >= 0.6 is 0 Å². The zero-order valence-corrected chi connectivity index (χ0v) is 7.58. The van der Waals surface area contributed by atoms with Crippen LogP contribution in [0.5, 0.6) is 0 Å². The molecule has 0 aromatic carbocycles. The molecule has 0 spiro atoms. The molecule has 0 saturated carbocycles. The normalized spacial score (nSPS) is 40.7. The van der Waals surface area contributed by atoms with Gasteiger partial charge in [0.1, 0.15) is 30.2 Å². The van der Waals surface area contributed by atoms with E-state index in [1.165, 1.54) is 12.2 Å². The smallest absolute Gasteiger partial charge is 0.150 e. The van der Waals surface area contributed by atoms with Crippen molar-refractivity contribution in [3.63, 3.8) is 0 Å². The van der Waals surface area contributed by atoms with Gasteiger partial charge in [0.15, 0.2) is 0 Å². The first-order valence-electron chi connectivity index (χ1n) is 4.26. The second-order valence-electron chi connectivity index (χ2n) is 3.07. The van der Waals surface area contributed by atoms with E-state index in [4.69, 9.17) is 9.84 Å². The molecule has 1 saturated heterocycles. The lowest BCUT2D eigenvalue weighted by Crippen LogP contribution is -2.52. The third kappa shape index (κ3) is 1.96. The molecule has 4 N–H and O–H groups in total. The molecule has 0 radical (unpaired) electrons. The quantitative estimate of drug-likeness (QED) is 0.439. The van der Waals surface area contributed by atoms with Crippen LogP contribution in [0.25, 0.3) is 0 Å². The van der Waals surface area contributed by atoms with Gasteiger partial charge < -0.3 is 25.2 Å². The molecule has 4 atom stereocenters. The van der Waals surface area contributed by atoms with Crippen molar-refractivity contribution in [3.8, 4) is 0 Å². The Morgan fingerprint density at radius 2 is 1.93 bits per heavy atom. The minimum atomic E-state index is -1.35. The SMILES string of the molecule is C=C/C=C1\O[C@H](CO)[C@H](O)[C@H](O)[C@H]1O. The highest BCUT2D eigenvalue weighted by atomic mass is 16.5. The molecule has 1 aliphatic heterocycles. The molecule has 0 amide bonds. The Bertz CT molecular complexity index is 235. The summed E-state index contributed by atoms with van der Waals surface area (Å²) in [5.74, 6) is 0.0943. The Balaban J connectivity index is 2.83. The van der Waals surface area contributed by atoms with Crippen molar-refractivity contribution in [2.24, 2.45) is 0 Å². The van der Waals surface area contributed by atoms with Gasteiger partial charge in [0.05, 0.1) is 6.61 Å². The van der Waals surface area contributed by atoms with Crippen LogP contribution in [0.2, 0.25) is 0 Å². The Labute approximate surface area is 81.6 Å². The van der Waals surface area contributed by atoms with Crippen LogP contribution in [0.3, 0.4) is 0 Å². The molecule has 5 nitrogen and oxygen atoms in total. The molecule has 1 aliphatic rings. The molecule has 0 aromatic rings. The van der Waals surface area contributed by atoms with E-state index in [1.807, 2.05) is 0 Å². The molecule has 5 heteroatoms. The van der Waals surface area contributed by atoms with Crippen molar-refractivity contribution >= 4 is 0 Å². The zero-order valence-electron chi connectivity index (χ0n) is 7.58. The van der Waals surface area contributed by atoms with E-state index in [0.717, 1.165) is 0 Å². The molecule has 1 heterocycles. The molecule has 0 aliphatic carbocycles. The molecular weight excluding hydrogens is 188 g/mol. The molecular formula is C9H14O5. The summed E-state index contributed by atoms with van der Waals surface area (Å²) in [6, 6.07) is 0. The summed E-state index contributed by atoms with van der Waals surface area (Å²) in [6.07, 6.45) is -2.09. The number of rotatable bonds is 2. The van der Waals surface area contributed by atoms with Crippen molar-refractivity contribution in [2.45, 2.75) is 24.4 Å². The fourth-order valence-electron chi connectivity index (χ4n) is 1.29. The minimum absolute atomic E-state index is 0.0943. The van der Waals surface area contributed by atoms with Crippen LogP contribution < -0.4 is 0 Å². The average molecular weight is 202 g/mol. The fourth-order valence-corrected chi connectivity index (χ4v) is 1.29. The standard InChI is InChI=1S/C9H14O5/c1-2-3-5-7(11)9(13)8(12)6(4-10)14-5/h2-3,6-13H,1,4H2/b5-3-/t6-,7+,8+,9-/m1/s1. The minimum Gasteiger partial charge on any atom is -0.487 e. The van der Waals surface area contributed by atoms with Crippen molar-refractivity contribution < 1.29 is 25.2 Å². The van der Waals surface area contributed by atoms with Gasteiger partial charge in [0.2, 0.25) is 0 Å². The lowest BCUT2D eigenvalue weighted by Gasteiger charge is -2.36. The van der Waals surface area contributed by atoms with E-state index in [-0.39, 0.29) is 5.76 Å². The van der Waals surface area contributed by atoms with Crippen LogP contribution in [0.15, 0.2) is 24.5 Å². The summed E-state index contributed by atoms with van der Waals surface area (Å²) < 4.78 is 5.05. The number of aliphatic hydroxyl groups is 4. The first-order chi connectivity index (χ1) is 6.61.